The van der Waals surface area contributed by atoms with Gasteiger partial charge in [-0.1, -0.05) is 47.7 Å². The van der Waals surface area contributed by atoms with Gasteiger partial charge in [0, 0.05) is 10.6 Å². The standard InChI is InChI=1S/C22H20N4O2S/c1-13-8-7-11-18(14(13)2)23-20(27)15(3)26-22(28)17-12-19(29-21(17)24-25-26)16-9-5-4-6-10-16/h4-12,15H,1-3H3,(H,23,27). The topological polar surface area (TPSA) is 76.9 Å². The SMILES string of the molecule is Cc1cccc(NC(=O)C(C)n2nnc3sc(-c4ccccc4)cc3c2=O)c1C. The second-order valence-electron chi connectivity index (χ2n) is 6.95. The molecule has 0 radical (unpaired) electrons. The Morgan fingerprint density at radius 2 is 1.86 bits per heavy atom. The van der Waals surface area contributed by atoms with E-state index in [0.29, 0.717) is 10.2 Å². The number of hydrogen-bond donors (Lipinski definition) is 1. The van der Waals surface area contributed by atoms with Crippen LogP contribution in [0.25, 0.3) is 20.7 Å². The van der Waals surface area contributed by atoms with Gasteiger partial charge in [-0.15, -0.1) is 16.4 Å². The van der Waals surface area contributed by atoms with Gasteiger partial charge in [0.25, 0.3) is 5.56 Å². The number of benzene rings is 2. The fourth-order valence-electron chi connectivity index (χ4n) is 3.09. The van der Waals surface area contributed by atoms with E-state index in [1.165, 1.54) is 11.3 Å². The van der Waals surface area contributed by atoms with Gasteiger partial charge >= 0.3 is 0 Å². The molecule has 4 aromatic rings. The maximum absolute atomic E-state index is 13.0. The summed E-state index contributed by atoms with van der Waals surface area (Å²) >= 11 is 1.41. The van der Waals surface area contributed by atoms with Crippen molar-refractivity contribution >= 4 is 33.1 Å². The van der Waals surface area contributed by atoms with Crippen LogP contribution in [0.15, 0.2) is 59.4 Å². The zero-order chi connectivity index (χ0) is 20.5. The van der Waals surface area contributed by atoms with E-state index in [1.54, 1.807) is 6.92 Å². The average molecular weight is 404 g/mol. The van der Waals surface area contributed by atoms with E-state index >= 15 is 0 Å². The summed E-state index contributed by atoms with van der Waals surface area (Å²) in [6, 6.07) is 16.5. The molecule has 0 spiro atoms. The zero-order valence-corrected chi connectivity index (χ0v) is 17.2. The number of amides is 1. The van der Waals surface area contributed by atoms with Crippen LogP contribution in [0.2, 0.25) is 0 Å². The van der Waals surface area contributed by atoms with Crippen molar-refractivity contribution in [1.29, 1.82) is 0 Å². The number of carbonyl (C=O) groups excluding carboxylic acids is 1. The summed E-state index contributed by atoms with van der Waals surface area (Å²) in [4.78, 5) is 27.2. The summed E-state index contributed by atoms with van der Waals surface area (Å²) in [5.74, 6) is -0.312. The van der Waals surface area contributed by atoms with Gasteiger partial charge < -0.3 is 5.32 Å². The summed E-state index contributed by atoms with van der Waals surface area (Å²) in [6.07, 6.45) is 0. The van der Waals surface area contributed by atoms with Crippen molar-refractivity contribution < 1.29 is 4.79 Å². The van der Waals surface area contributed by atoms with Crippen molar-refractivity contribution in [3.05, 3.63) is 76.1 Å². The van der Waals surface area contributed by atoms with E-state index in [9.17, 15) is 9.59 Å². The Labute approximate surface area is 171 Å². The van der Waals surface area contributed by atoms with Gasteiger partial charge in [-0.05, 0) is 49.6 Å². The van der Waals surface area contributed by atoms with Gasteiger partial charge in [0.1, 0.15) is 6.04 Å². The van der Waals surface area contributed by atoms with Gasteiger partial charge in [-0.2, -0.15) is 4.68 Å². The van der Waals surface area contributed by atoms with Crippen LogP contribution < -0.4 is 10.9 Å². The summed E-state index contributed by atoms with van der Waals surface area (Å²) in [7, 11) is 0. The van der Waals surface area contributed by atoms with Crippen LogP contribution in [0, 0.1) is 13.8 Å². The number of aryl methyl sites for hydroxylation is 1. The lowest BCUT2D eigenvalue weighted by molar-refractivity contribution is -0.119. The minimum atomic E-state index is -0.792. The number of rotatable bonds is 4. The summed E-state index contributed by atoms with van der Waals surface area (Å²) < 4.78 is 1.14. The molecule has 2 aromatic heterocycles. The Balaban J connectivity index is 1.66. The number of carbonyl (C=O) groups is 1. The minimum Gasteiger partial charge on any atom is -0.324 e. The number of anilines is 1. The Bertz CT molecular complexity index is 1260. The van der Waals surface area contributed by atoms with E-state index in [1.807, 2.05) is 68.4 Å². The molecule has 0 fully saturated rings. The largest absolute Gasteiger partial charge is 0.324 e. The third-order valence-electron chi connectivity index (χ3n) is 5.05. The van der Waals surface area contributed by atoms with Crippen LogP contribution >= 0.6 is 11.3 Å². The molecule has 0 aliphatic rings. The molecule has 0 saturated carbocycles. The van der Waals surface area contributed by atoms with E-state index in [2.05, 4.69) is 15.6 Å². The molecule has 6 nitrogen and oxygen atoms in total. The number of hydrogen-bond acceptors (Lipinski definition) is 5. The molecule has 1 unspecified atom stereocenters. The van der Waals surface area contributed by atoms with Gasteiger partial charge in [-0.25, -0.2) is 0 Å². The fraction of sp³-hybridized carbons (Fsp3) is 0.182. The molecule has 7 heteroatoms. The number of nitrogens with zero attached hydrogens (tertiary/aromatic N) is 3. The summed E-state index contributed by atoms with van der Waals surface area (Å²) in [5, 5.41) is 11.6. The van der Waals surface area contributed by atoms with Gasteiger partial charge in [0.05, 0.1) is 5.39 Å². The van der Waals surface area contributed by atoms with Crippen LogP contribution in [0.4, 0.5) is 5.69 Å². The molecule has 1 amide bonds. The van der Waals surface area contributed by atoms with Gasteiger partial charge in [0.15, 0.2) is 4.83 Å². The molecule has 0 bridgehead atoms. The van der Waals surface area contributed by atoms with Crippen LogP contribution in [0.3, 0.4) is 0 Å². The molecule has 29 heavy (non-hydrogen) atoms. The van der Waals surface area contributed by atoms with Crippen molar-refractivity contribution in [2.45, 2.75) is 26.8 Å². The highest BCUT2D eigenvalue weighted by Crippen LogP contribution is 2.30. The first kappa shape index (κ1) is 19.0. The monoisotopic (exact) mass is 404 g/mol. The predicted molar refractivity (Wildman–Crippen MR) is 116 cm³/mol. The second-order valence-corrected chi connectivity index (χ2v) is 7.98. The Morgan fingerprint density at radius 1 is 1.10 bits per heavy atom. The van der Waals surface area contributed by atoms with Crippen LogP contribution in [-0.4, -0.2) is 20.9 Å². The molecule has 0 aliphatic carbocycles. The summed E-state index contributed by atoms with van der Waals surface area (Å²) in [5.41, 5.74) is 3.50. The highest BCUT2D eigenvalue weighted by atomic mass is 32.1. The third kappa shape index (κ3) is 3.56. The van der Waals surface area contributed by atoms with Crippen LogP contribution in [0.5, 0.6) is 0 Å². The van der Waals surface area contributed by atoms with E-state index < -0.39 is 6.04 Å². The molecule has 2 aromatic carbocycles. The predicted octanol–water partition coefficient (Wildman–Crippen LogP) is 4.34. The zero-order valence-electron chi connectivity index (χ0n) is 16.3. The lowest BCUT2D eigenvalue weighted by Crippen LogP contribution is -2.34. The normalized spacial score (nSPS) is 12.1. The minimum absolute atomic E-state index is 0.312. The van der Waals surface area contributed by atoms with E-state index in [4.69, 9.17) is 0 Å². The van der Waals surface area contributed by atoms with Gasteiger partial charge in [0.2, 0.25) is 5.91 Å². The molecule has 4 rings (SSSR count). The lowest BCUT2D eigenvalue weighted by atomic mass is 10.1. The molecule has 1 atom stereocenters. The number of aromatic nitrogens is 3. The van der Waals surface area contributed by atoms with Crippen molar-refractivity contribution in [1.82, 2.24) is 15.0 Å². The van der Waals surface area contributed by atoms with Crippen LogP contribution in [0.1, 0.15) is 24.1 Å². The van der Waals surface area contributed by atoms with Crippen molar-refractivity contribution in [3.63, 3.8) is 0 Å². The highest BCUT2D eigenvalue weighted by molar-refractivity contribution is 7.21. The Kier molecular flexibility index (Phi) is 4.98. The molecular formula is C22H20N4O2S. The first-order valence-electron chi connectivity index (χ1n) is 9.27. The Morgan fingerprint density at radius 3 is 2.62 bits per heavy atom. The summed E-state index contributed by atoms with van der Waals surface area (Å²) in [6.45, 7) is 5.58. The molecule has 146 valence electrons. The highest BCUT2D eigenvalue weighted by Gasteiger charge is 2.21. The quantitative estimate of drug-likeness (QED) is 0.549. The Hall–Kier alpha value is -3.32. The molecule has 2 heterocycles. The first-order chi connectivity index (χ1) is 14.0. The van der Waals surface area contributed by atoms with Crippen LogP contribution in [-0.2, 0) is 4.79 Å². The van der Waals surface area contributed by atoms with E-state index in [-0.39, 0.29) is 11.5 Å². The smallest absolute Gasteiger partial charge is 0.279 e. The molecule has 1 N–H and O–H groups in total. The fourth-order valence-corrected chi connectivity index (χ4v) is 4.07. The van der Waals surface area contributed by atoms with Crippen molar-refractivity contribution in [2.24, 2.45) is 0 Å². The number of thiophene rings is 1. The third-order valence-corrected chi connectivity index (χ3v) is 6.12. The molecule has 0 saturated heterocycles. The number of fused-ring (bicyclic) bond motifs is 1. The molecule has 0 aliphatic heterocycles. The van der Waals surface area contributed by atoms with E-state index in [0.717, 1.165) is 31.9 Å². The van der Waals surface area contributed by atoms with Crippen molar-refractivity contribution in [3.8, 4) is 10.4 Å². The second kappa shape index (κ2) is 7.60. The average Bonchev–Trinajstić information content (AvgIpc) is 3.17. The maximum atomic E-state index is 13.0. The lowest BCUT2D eigenvalue weighted by Gasteiger charge is -2.15. The first-order valence-corrected chi connectivity index (χ1v) is 10.1. The maximum Gasteiger partial charge on any atom is 0.279 e. The molecular weight excluding hydrogens is 384 g/mol. The number of nitrogens with one attached hydrogen (secondary N) is 1. The van der Waals surface area contributed by atoms with Crippen molar-refractivity contribution in [2.75, 3.05) is 5.32 Å². The van der Waals surface area contributed by atoms with Gasteiger partial charge in [-0.3, -0.25) is 9.59 Å².